The molecular weight excluding hydrogens is 383 g/mol. The van der Waals surface area contributed by atoms with E-state index in [0.717, 1.165) is 17.5 Å². The molecule has 4 rings (SSSR count). The predicted octanol–water partition coefficient (Wildman–Crippen LogP) is 5.02. The number of nitrogens with one attached hydrogen (secondary N) is 1. The number of hydrogen-bond acceptors (Lipinski definition) is 3. The van der Waals surface area contributed by atoms with Gasteiger partial charge in [-0.15, -0.1) is 0 Å². The zero-order valence-corrected chi connectivity index (χ0v) is 16.9. The van der Waals surface area contributed by atoms with Gasteiger partial charge >= 0.3 is 6.03 Å². The molecule has 3 aromatic rings. The van der Waals surface area contributed by atoms with Crippen LogP contribution in [0.2, 0.25) is 0 Å². The fraction of sp³-hybridized carbons (Fsp3) is 0.208. The van der Waals surface area contributed by atoms with Crippen molar-refractivity contribution in [2.45, 2.75) is 12.5 Å². The lowest BCUT2D eigenvalue weighted by atomic mass is 9.88. The smallest absolute Gasteiger partial charge is 0.322 e. The van der Waals surface area contributed by atoms with Crippen LogP contribution in [0.4, 0.5) is 14.9 Å². The van der Waals surface area contributed by atoms with Crippen molar-refractivity contribution in [3.05, 3.63) is 89.2 Å². The third-order valence-electron chi connectivity index (χ3n) is 5.38. The van der Waals surface area contributed by atoms with Gasteiger partial charge < -0.3 is 19.7 Å². The molecule has 3 aromatic carbocycles. The molecule has 1 N–H and O–H groups in total. The van der Waals surface area contributed by atoms with Crippen molar-refractivity contribution in [1.82, 2.24) is 4.90 Å². The Morgan fingerprint density at radius 1 is 1.03 bits per heavy atom. The highest BCUT2D eigenvalue weighted by Crippen LogP contribution is 2.36. The Kier molecular flexibility index (Phi) is 5.57. The van der Waals surface area contributed by atoms with Gasteiger partial charge in [0.25, 0.3) is 0 Å². The molecule has 154 valence electrons. The highest BCUT2D eigenvalue weighted by molar-refractivity contribution is 5.92. The molecular formula is C24H23FN2O3. The number of carbonyl (C=O) groups excluding carboxylic acids is 1. The number of hydrogen-bond donors (Lipinski definition) is 1. The Balaban J connectivity index is 1.70. The van der Waals surface area contributed by atoms with Gasteiger partial charge in [-0.1, -0.05) is 36.4 Å². The van der Waals surface area contributed by atoms with E-state index in [1.165, 1.54) is 17.7 Å². The van der Waals surface area contributed by atoms with Crippen molar-refractivity contribution < 1.29 is 18.7 Å². The van der Waals surface area contributed by atoms with Gasteiger partial charge in [0.1, 0.15) is 17.3 Å². The van der Waals surface area contributed by atoms with Crippen molar-refractivity contribution in [2.75, 3.05) is 26.1 Å². The number of amides is 2. The van der Waals surface area contributed by atoms with Crippen LogP contribution in [0, 0.1) is 5.82 Å². The first-order valence-corrected chi connectivity index (χ1v) is 9.73. The molecule has 1 unspecified atom stereocenters. The zero-order valence-electron chi connectivity index (χ0n) is 16.9. The Labute approximate surface area is 175 Å². The summed E-state index contributed by atoms with van der Waals surface area (Å²) in [5, 5.41) is 2.96. The van der Waals surface area contributed by atoms with E-state index in [2.05, 4.69) is 11.4 Å². The Hall–Kier alpha value is -3.54. The van der Waals surface area contributed by atoms with E-state index in [-0.39, 0.29) is 17.9 Å². The van der Waals surface area contributed by atoms with Crippen molar-refractivity contribution in [1.29, 1.82) is 0 Å². The molecule has 0 aliphatic carbocycles. The predicted molar refractivity (Wildman–Crippen MR) is 114 cm³/mol. The van der Waals surface area contributed by atoms with E-state index in [1.54, 1.807) is 49.5 Å². The van der Waals surface area contributed by atoms with Gasteiger partial charge in [-0.25, -0.2) is 9.18 Å². The summed E-state index contributed by atoms with van der Waals surface area (Å²) in [6, 6.07) is 19.0. The SMILES string of the molecule is COc1ccc(OC)c(NC(=O)N2CCc3ccccc3C2c2ccc(F)cc2)c1. The molecule has 1 heterocycles. The normalized spacial score (nSPS) is 15.3. The molecule has 0 saturated heterocycles. The Bertz CT molecular complexity index is 1050. The summed E-state index contributed by atoms with van der Waals surface area (Å²) in [6.45, 7) is 0.539. The molecule has 30 heavy (non-hydrogen) atoms. The van der Waals surface area contributed by atoms with Gasteiger partial charge in [0.2, 0.25) is 0 Å². The minimum absolute atomic E-state index is 0.259. The molecule has 0 saturated carbocycles. The maximum Gasteiger partial charge on any atom is 0.322 e. The van der Waals surface area contributed by atoms with E-state index in [9.17, 15) is 9.18 Å². The van der Waals surface area contributed by atoms with Crippen LogP contribution < -0.4 is 14.8 Å². The number of carbonyl (C=O) groups is 1. The number of anilines is 1. The second kappa shape index (κ2) is 8.45. The van der Waals surface area contributed by atoms with E-state index in [1.807, 2.05) is 18.2 Å². The standard InChI is InChI=1S/C24H23FN2O3/c1-29-19-11-12-22(30-2)21(15-19)26-24(28)27-14-13-16-5-3-4-6-20(16)23(27)17-7-9-18(25)10-8-17/h3-12,15,23H,13-14H2,1-2H3,(H,26,28). The van der Waals surface area contributed by atoms with E-state index in [4.69, 9.17) is 9.47 Å². The minimum atomic E-state index is -0.313. The molecule has 0 radical (unpaired) electrons. The van der Waals surface area contributed by atoms with Crippen LogP contribution in [0.3, 0.4) is 0 Å². The second-order valence-corrected chi connectivity index (χ2v) is 7.09. The van der Waals surface area contributed by atoms with Crippen LogP contribution in [0.15, 0.2) is 66.7 Å². The molecule has 1 atom stereocenters. The van der Waals surface area contributed by atoms with Gasteiger partial charge in [0.15, 0.2) is 0 Å². The summed E-state index contributed by atoms with van der Waals surface area (Å²) in [7, 11) is 3.12. The number of methoxy groups -OCH3 is 2. The van der Waals surface area contributed by atoms with Gasteiger partial charge in [-0.05, 0) is 47.4 Å². The number of nitrogens with zero attached hydrogens (tertiary/aromatic N) is 1. The van der Waals surface area contributed by atoms with Crippen LogP contribution in [-0.2, 0) is 6.42 Å². The lowest BCUT2D eigenvalue weighted by molar-refractivity contribution is 0.194. The van der Waals surface area contributed by atoms with Crippen molar-refractivity contribution in [3.63, 3.8) is 0 Å². The largest absolute Gasteiger partial charge is 0.497 e. The summed E-state index contributed by atoms with van der Waals surface area (Å²) >= 11 is 0. The fourth-order valence-electron chi connectivity index (χ4n) is 3.89. The highest BCUT2D eigenvalue weighted by atomic mass is 19.1. The number of halogens is 1. The third kappa shape index (κ3) is 3.81. The monoisotopic (exact) mass is 406 g/mol. The lowest BCUT2D eigenvalue weighted by Crippen LogP contribution is -2.43. The molecule has 0 spiro atoms. The van der Waals surface area contributed by atoms with Gasteiger partial charge in [0.05, 0.1) is 25.9 Å². The molecule has 1 aliphatic rings. The van der Waals surface area contributed by atoms with Crippen molar-refractivity contribution >= 4 is 11.7 Å². The number of benzene rings is 3. The first-order valence-electron chi connectivity index (χ1n) is 9.73. The van der Waals surface area contributed by atoms with Crippen LogP contribution in [0.5, 0.6) is 11.5 Å². The van der Waals surface area contributed by atoms with Crippen LogP contribution >= 0.6 is 0 Å². The minimum Gasteiger partial charge on any atom is -0.497 e. The maximum atomic E-state index is 13.5. The summed E-state index contributed by atoms with van der Waals surface area (Å²) in [4.78, 5) is 15.1. The second-order valence-electron chi connectivity index (χ2n) is 7.09. The van der Waals surface area contributed by atoms with Gasteiger partial charge in [-0.2, -0.15) is 0 Å². The number of fused-ring (bicyclic) bond motifs is 1. The summed E-state index contributed by atoms with van der Waals surface area (Å²) in [5.74, 6) is 0.852. The number of urea groups is 1. The lowest BCUT2D eigenvalue weighted by Gasteiger charge is -2.37. The van der Waals surface area contributed by atoms with Crippen molar-refractivity contribution in [2.24, 2.45) is 0 Å². The molecule has 2 amide bonds. The topological polar surface area (TPSA) is 50.8 Å². The number of ether oxygens (including phenoxy) is 2. The van der Waals surface area contributed by atoms with Crippen LogP contribution in [0.1, 0.15) is 22.7 Å². The molecule has 6 heteroatoms. The summed E-state index contributed by atoms with van der Waals surface area (Å²) < 4.78 is 24.2. The number of rotatable bonds is 4. The third-order valence-corrected chi connectivity index (χ3v) is 5.38. The first-order chi connectivity index (χ1) is 14.6. The molecule has 5 nitrogen and oxygen atoms in total. The van der Waals surface area contributed by atoms with Gasteiger partial charge in [0, 0.05) is 12.6 Å². The fourth-order valence-corrected chi connectivity index (χ4v) is 3.89. The highest BCUT2D eigenvalue weighted by Gasteiger charge is 2.32. The van der Waals surface area contributed by atoms with Gasteiger partial charge in [-0.3, -0.25) is 0 Å². The molecule has 0 fully saturated rings. The molecule has 1 aliphatic heterocycles. The summed E-state index contributed by atoms with van der Waals surface area (Å²) in [5.41, 5.74) is 3.62. The molecule has 0 bridgehead atoms. The van der Waals surface area contributed by atoms with Crippen molar-refractivity contribution in [3.8, 4) is 11.5 Å². The quantitative estimate of drug-likeness (QED) is 0.662. The van der Waals surface area contributed by atoms with E-state index >= 15 is 0 Å². The maximum absolute atomic E-state index is 13.5. The first kappa shape index (κ1) is 19.8. The Morgan fingerprint density at radius 3 is 2.53 bits per heavy atom. The summed E-state index contributed by atoms with van der Waals surface area (Å²) in [6.07, 6.45) is 0.747. The van der Waals surface area contributed by atoms with Crippen LogP contribution in [-0.4, -0.2) is 31.7 Å². The zero-order chi connectivity index (χ0) is 21.1. The average Bonchev–Trinajstić information content (AvgIpc) is 2.78. The van der Waals surface area contributed by atoms with E-state index in [0.29, 0.717) is 23.7 Å². The van der Waals surface area contributed by atoms with E-state index < -0.39 is 0 Å². The van der Waals surface area contributed by atoms with Crippen LogP contribution in [0.25, 0.3) is 0 Å². The average molecular weight is 406 g/mol. The molecule has 0 aromatic heterocycles. The Morgan fingerprint density at radius 2 is 1.80 bits per heavy atom.